The SMILES string of the molecule is COc1cc(/C=C/C(=O)N2CCN(Cc3ccc(F)cc3F)CC2)ccc1-n1cnc(C)c1. The number of hydrogen-bond acceptors (Lipinski definition) is 4. The molecule has 3 aromatic rings. The number of piperazine rings is 1. The zero-order valence-corrected chi connectivity index (χ0v) is 18.7. The molecular formula is C25H26F2N4O2. The molecule has 1 amide bonds. The smallest absolute Gasteiger partial charge is 0.246 e. The van der Waals surface area contributed by atoms with Gasteiger partial charge in [-0.3, -0.25) is 9.69 Å². The fourth-order valence-electron chi connectivity index (χ4n) is 3.85. The molecule has 0 spiro atoms. The molecular weight excluding hydrogens is 426 g/mol. The van der Waals surface area contributed by atoms with E-state index < -0.39 is 11.6 Å². The number of benzene rings is 2. The number of nitrogens with zero attached hydrogens (tertiary/aromatic N) is 4. The topological polar surface area (TPSA) is 50.6 Å². The first-order valence-electron chi connectivity index (χ1n) is 10.7. The maximum atomic E-state index is 13.9. The molecule has 1 aliphatic heterocycles. The number of amides is 1. The van der Waals surface area contributed by atoms with Gasteiger partial charge in [0.25, 0.3) is 0 Å². The number of aryl methyl sites for hydroxylation is 1. The second-order valence-electron chi connectivity index (χ2n) is 8.02. The van der Waals surface area contributed by atoms with Crippen LogP contribution in [0.2, 0.25) is 0 Å². The van der Waals surface area contributed by atoms with E-state index in [9.17, 15) is 13.6 Å². The Kier molecular flexibility index (Phi) is 6.84. The monoisotopic (exact) mass is 452 g/mol. The highest BCUT2D eigenvalue weighted by Crippen LogP contribution is 2.25. The quantitative estimate of drug-likeness (QED) is 0.534. The number of carbonyl (C=O) groups is 1. The van der Waals surface area contributed by atoms with Gasteiger partial charge < -0.3 is 14.2 Å². The summed E-state index contributed by atoms with van der Waals surface area (Å²) < 4.78 is 34.4. The van der Waals surface area contributed by atoms with Gasteiger partial charge in [-0.05, 0) is 36.8 Å². The van der Waals surface area contributed by atoms with E-state index in [2.05, 4.69) is 9.88 Å². The van der Waals surface area contributed by atoms with Crippen molar-refractivity contribution in [2.45, 2.75) is 13.5 Å². The summed E-state index contributed by atoms with van der Waals surface area (Å²) in [4.78, 5) is 20.7. The summed E-state index contributed by atoms with van der Waals surface area (Å²) in [5.41, 5.74) is 3.09. The number of imidazole rings is 1. The van der Waals surface area contributed by atoms with E-state index in [1.807, 2.05) is 35.9 Å². The second kappa shape index (κ2) is 9.95. The summed E-state index contributed by atoms with van der Waals surface area (Å²) in [5.74, 6) is -0.511. The van der Waals surface area contributed by atoms with Crippen LogP contribution in [0.3, 0.4) is 0 Å². The zero-order chi connectivity index (χ0) is 23.4. The van der Waals surface area contributed by atoms with E-state index in [-0.39, 0.29) is 5.91 Å². The lowest BCUT2D eigenvalue weighted by Gasteiger charge is -2.34. The molecule has 1 aliphatic rings. The summed E-state index contributed by atoms with van der Waals surface area (Å²) in [7, 11) is 1.61. The summed E-state index contributed by atoms with van der Waals surface area (Å²) in [5, 5.41) is 0. The van der Waals surface area contributed by atoms with Crippen LogP contribution in [0.15, 0.2) is 55.0 Å². The van der Waals surface area contributed by atoms with Crippen LogP contribution in [0, 0.1) is 18.6 Å². The molecule has 8 heteroatoms. The summed E-state index contributed by atoms with van der Waals surface area (Å²) >= 11 is 0. The molecule has 1 saturated heterocycles. The van der Waals surface area contributed by atoms with Gasteiger partial charge >= 0.3 is 0 Å². The molecule has 1 aromatic heterocycles. The number of hydrogen-bond donors (Lipinski definition) is 0. The van der Waals surface area contributed by atoms with Gasteiger partial charge in [0, 0.05) is 56.6 Å². The van der Waals surface area contributed by atoms with Crippen molar-refractivity contribution < 1.29 is 18.3 Å². The minimum absolute atomic E-state index is 0.0732. The van der Waals surface area contributed by atoms with Crippen molar-refractivity contribution in [2.24, 2.45) is 0 Å². The fourth-order valence-corrected chi connectivity index (χ4v) is 3.85. The Bertz CT molecular complexity index is 1170. The van der Waals surface area contributed by atoms with Crippen LogP contribution in [0.4, 0.5) is 8.78 Å². The van der Waals surface area contributed by atoms with Crippen molar-refractivity contribution in [1.82, 2.24) is 19.4 Å². The predicted molar refractivity (Wildman–Crippen MR) is 122 cm³/mol. The van der Waals surface area contributed by atoms with Gasteiger partial charge in [-0.25, -0.2) is 13.8 Å². The molecule has 0 bridgehead atoms. The van der Waals surface area contributed by atoms with E-state index in [0.29, 0.717) is 44.0 Å². The molecule has 172 valence electrons. The third-order valence-electron chi connectivity index (χ3n) is 5.71. The van der Waals surface area contributed by atoms with E-state index in [1.165, 1.54) is 12.1 Å². The van der Waals surface area contributed by atoms with Gasteiger partial charge in [0.05, 0.1) is 24.8 Å². The molecule has 0 saturated carbocycles. The van der Waals surface area contributed by atoms with Crippen LogP contribution < -0.4 is 4.74 Å². The number of carbonyl (C=O) groups excluding carboxylic acids is 1. The minimum atomic E-state index is -0.581. The molecule has 0 atom stereocenters. The van der Waals surface area contributed by atoms with E-state index in [1.54, 1.807) is 30.5 Å². The van der Waals surface area contributed by atoms with Crippen molar-refractivity contribution in [1.29, 1.82) is 0 Å². The molecule has 0 unspecified atom stereocenters. The van der Waals surface area contributed by atoms with Gasteiger partial charge in [0.2, 0.25) is 5.91 Å². The van der Waals surface area contributed by atoms with Crippen LogP contribution >= 0.6 is 0 Å². The van der Waals surface area contributed by atoms with E-state index in [0.717, 1.165) is 23.0 Å². The lowest BCUT2D eigenvalue weighted by Crippen LogP contribution is -2.47. The van der Waals surface area contributed by atoms with Gasteiger partial charge in [0.1, 0.15) is 17.4 Å². The van der Waals surface area contributed by atoms with Crippen LogP contribution in [-0.4, -0.2) is 58.5 Å². The largest absolute Gasteiger partial charge is 0.495 e. The first-order chi connectivity index (χ1) is 15.9. The normalized spacial score (nSPS) is 14.7. The maximum absolute atomic E-state index is 13.9. The molecule has 0 aliphatic carbocycles. The van der Waals surface area contributed by atoms with Gasteiger partial charge in [-0.1, -0.05) is 12.1 Å². The number of methoxy groups -OCH3 is 1. The van der Waals surface area contributed by atoms with Crippen LogP contribution in [0.25, 0.3) is 11.8 Å². The maximum Gasteiger partial charge on any atom is 0.246 e. The Morgan fingerprint density at radius 1 is 1.12 bits per heavy atom. The molecule has 33 heavy (non-hydrogen) atoms. The first kappa shape index (κ1) is 22.7. The second-order valence-corrected chi connectivity index (χ2v) is 8.02. The third-order valence-corrected chi connectivity index (χ3v) is 5.71. The summed E-state index contributed by atoms with van der Waals surface area (Å²) in [6, 6.07) is 9.37. The van der Waals surface area contributed by atoms with Crippen molar-refractivity contribution in [3.05, 3.63) is 83.5 Å². The summed E-state index contributed by atoms with van der Waals surface area (Å²) in [6.07, 6.45) is 6.98. The van der Waals surface area contributed by atoms with Crippen molar-refractivity contribution in [2.75, 3.05) is 33.3 Å². The molecule has 1 fully saturated rings. The molecule has 6 nitrogen and oxygen atoms in total. The number of halogens is 2. The Balaban J connectivity index is 1.34. The van der Waals surface area contributed by atoms with Crippen LogP contribution in [-0.2, 0) is 11.3 Å². The lowest BCUT2D eigenvalue weighted by atomic mass is 10.1. The van der Waals surface area contributed by atoms with Crippen molar-refractivity contribution >= 4 is 12.0 Å². The molecule has 2 aromatic carbocycles. The standard InChI is InChI=1S/C25H26F2N4O2/c1-18-15-31(17-28-18)23-7-3-19(13-24(23)33-2)4-8-25(32)30-11-9-29(10-12-30)16-20-5-6-21(26)14-22(20)27/h3-8,13-15,17H,9-12,16H2,1-2H3/b8-4+. The highest BCUT2D eigenvalue weighted by atomic mass is 19.1. The highest BCUT2D eigenvalue weighted by Gasteiger charge is 2.20. The average Bonchev–Trinajstić information content (AvgIpc) is 3.25. The number of aromatic nitrogens is 2. The van der Waals surface area contributed by atoms with Crippen LogP contribution in [0.1, 0.15) is 16.8 Å². The molecule has 2 heterocycles. The number of ether oxygens (including phenoxy) is 1. The van der Waals surface area contributed by atoms with E-state index in [4.69, 9.17) is 4.74 Å². The van der Waals surface area contributed by atoms with Crippen LogP contribution in [0.5, 0.6) is 5.75 Å². The Morgan fingerprint density at radius 2 is 1.91 bits per heavy atom. The van der Waals surface area contributed by atoms with Gasteiger partial charge in [-0.15, -0.1) is 0 Å². The zero-order valence-electron chi connectivity index (χ0n) is 18.7. The van der Waals surface area contributed by atoms with Gasteiger partial charge in [0.15, 0.2) is 0 Å². The number of rotatable bonds is 6. The Labute approximate surface area is 191 Å². The Morgan fingerprint density at radius 3 is 2.58 bits per heavy atom. The van der Waals surface area contributed by atoms with E-state index >= 15 is 0 Å². The average molecular weight is 453 g/mol. The van der Waals surface area contributed by atoms with Crippen molar-refractivity contribution in [3.8, 4) is 11.4 Å². The van der Waals surface area contributed by atoms with Gasteiger partial charge in [-0.2, -0.15) is 0 Å². The molecule has 0 N–H and O–H groups in total. The minimum Gasteiger partial charge on any atom is -0.495 e. The first-order valence-corrected chi connectivity index (χ1v) is 10.7. The lowest BCUT2D eigenvalue weighted by molar-refractivity contribution is -0.127. The third kappa shape index (κ3) is 5.46. The Hall–Kier alpha value is -3.52. The fraction of sp³-hybridized carbons (Fsp3) is 0.280. The summed E-state index contributed by atoms with van der Waals surface area (Å²) in [6.45, 7) is 4.67. The van der Waals surface area contributed by atoms with Crippen molar-refractivity contribution in [3.63, 3.8) is 0 Å². The predicted octanol–water partition coefficient (Wildman–Crippen LogP) is 3.83. The molecule has 0 radical (unpaired) electrons. The molecule has 4 rings (SSSR count). The highest BCUT2D eigenvalue weighted by molar-refractivity contribution is 5.92.